The van der Waals surface area contributed by atoms with Gasteiger partial charge < -0.3 is 19.6 Å². The summed E-state index contributed by atoms with van der Waals surface area (Å²) in [7, 11) is 1.32. The largest absolute Gasteiger partial charge is 0.493 e. The molecule has 2 rings (SSSR count). The number of alkyl halides is 2. The van der Waals surface area contributed by atoms with Crippen molar-refractivity contribution in [2.75, 3.05) is 12.4 Å². The quantitative estimate of drug-likeness (QED) is 0.471. The molecule has 10 heteroatoms. The maximum Gasteiger partial charge on any atom is 0.387 e. The predicted molar refractivity (Wildman–Crippen MR) is 103 cm³/mol. The van der Waals surface area contributed by atoms with Gasteiger partial charge in [0, 0.05) is 5.56 Å². The zero-order valence-electron chi connectivity index (χ0n) is 14.8. The molecule has 28 heavy (non-hydrogen) atoms. The first-order chi connectivity index (χ1) is 13.3. The normalized spacial score (nSPS) is 12.1. The van der Waals surface area contributed by atoms with Crippen molar-refractivity contribution in [1.29, 1.82) is 0 Å². The fraction of sp³-hybridized carbons (Fsp3) is 0.222. The van der Waals surface area contributed by atoms with E-state index in [1.807, 2.05) is 0 Å². The molecule has 150 valence electrons. The van der Waals surface area contributed by atoms with Gasteiger partial charge in [0.2, 0.25) is 6.10 Å². The summed E-state index contributed by atoms with van der Waals surface area (Å²) in [5, 5.41) is 6.82. The fourth-order valence-corrected chi connectivity index (χ4v) is 2.37. The minimum absolute atomic E-state index is 0.102. The molecule has 6 nitrogen and oxygen atoms in total. The van der Waals surface area contributed by atoms with Crippen LogP contribution in [-0.4, -0.2) is 31.9 Å². The van der Waals surface area contributed by atoms with Gasteiger partial charge in [-0.15, -0.1) is 0 Å². The fourth-order valence-electron chi connectivity index (χ4n) is 2.02. The highest BCUT2D eigenvalue weighted by Gasteiger charge is 2.16. The summed E-state index contributed by atoms with van der Waals surface area (Å²) in [4.78, 5) is 17.3. The highest BCUT2D eigenvalue weighted by molar-refractivity contribution is 6.44. The summed E-state index contributed by atoms with van der Waals surface area (Å²) in [5.41, 5.74) is 0.835. The number of amides is 1. The predicted octanol–water partition coefficient (Wildman–Crippen LogP) is 4.98. The molecule has 2 aromatic rings. The average Bonchev–Trinajstić information content (AvgIpc) is 2.65. The number of anilines is 1. The minimum atomic E-state index is -2.97. The Bertz CT molecular complexity index is 865. The molecule has 0 fully saturated rings. The van der Waals surface area contributed by atoms with Crippen molar-refractivity contribution in [3.63, 3.8) is 0 Å². The molecule has 0 aliphatic rings. The summed E-state index contributed by atoms with van der Waals surface area (Å²) in [6, 6.07) is 9.05. The Hall–Kier alpha value is -2.58. The third-order valence-electron chi connectivity index (χ3n) is 3.40. The number of nitrogens with zero attached hydrogens (tertiary/aromatic N) is 1. The lowest BCUT2D eigenvalue weighted by Gasteiger charge is -2.12. The van der Waals surface area contributed by atoms with Crippen LogP contribution in [0.15, 0.2) is 41.6 Å². The monoisotopic (exact) mass is 432 g/mol. The van der Waals surface area contributed by atoms with E-state index < -0.39 is 18.6 Å². The van der Waals surface area contributed by atoms with Gasteiger partial charge >= 0.3 is 6.61 Å². The second-order valence-electron chi connectivity index (χ2n) is 5.36. The number of rotatable bonds is 8. The van der Waals surface area contributed by atoms with E-state index in [9.17, 15) is 13.6 Å². The number of hydrogen-bond donors (Lipinski definition) is 1. The summed E-state index contributed by atoms with van der Waals surface area (Å²) >= 11 is 11.9. The first-order valence-corrected chi connectivity index (χ1v) is 8.64. The van der Waals surface area contributed by atoms with Gasteiger partial charge in [-0.2, -0.15) is 8.78 Å². The first kappa shape index (κ1) is 21.7. The Morgan fingerprint density at radius 3 is 2.64 bits per heavy atom. The van der Waals surface area contributed by atoms with Crippen LogP contribution < -0.4 is 14.8 Å². The number of nitrogens with one attached hydrogen (secondary N) is 1. The van der Waals surface area contributed by atoms with Crippen LogP contribution in [0.25, 0.3) is 0 Å². The lowest BCUT2D eigenvalue weighted by atomic mass is 10.2. The van der Waals surface area contributed by atoms with Crippen LogP contribution in [0.1, 0.15) is 12.5 Å². The van der Waals surface area contributed by atoms with E-state index in [0.717, 1.165) is 0 Å². The van der Waals surface area contributed by atoms with Crippen molar-refractivity contribution in [2.45, 2.75) is 19.6 Å². The highest BCUT2D eigenvalue weighted by atomic mass is 35.5. The zero-order valence-corrected chi connectivity index (χ0v) is 16.3. The van der Waals surface area contributed by atoms with Gasteiger partial charge in [0.1, 0.15) is 0 Å². The number of carbonyl (C=O) groups is 1. The van der Waals surface area contributed by atoms with E-state index in [4.69, 9.17) is 32.8 Å². The van der Waals surface area contributed by atoms with Crippen molar-refractivity contribution < 1.29 is 27.9 Å². The Morgan fingerprint density at radius 1 is 1.21 bits per heavy atom. The van der Waals surface area contributed by atoms with Gasteiger partial charge in [0.25, 0.3) is 5.91 Å². The Balaban J connectivity index is 1.97. The molecule has 0 saturated heterocycles. The van der Waals surface area contributed by atoms with Crippen molar-refractivity contribution in [3.8, 4) is 11.5 Å². The standard InChI is InChI=1S/C18H16Cl2F2N2O4/c1-10(17(25)24-13-5-3-4-12(19)16(13)20)28-23-9-11-6-7-14(27-18(21)22)15(8-11)26-2/h3-10,18H,1-2H3,(H,24,25)/b23-9+. The topological polar surface area (TPSA) is 69.2 Å². The summed E-state index contributed by atoms with van der Waals surface area (Å²) in [6.45, 7) is -1.48. The number of halogens is 4. The molecule has 0 aromatic heterocycles. The lowest BCUT2D eigenvalue weighted by Crippen LogP contribution is -2.26. The number of carbonyl (C=O) groups excluding carboxylic acids is 1. The van der Waals surface area contributed by atoms with Crippen LogP contribution >= 0.6 is 23.2 Å². The summed E-state index contributed by atoms with van der Waals surface area (Å²) in [6.07, 6.45) is 0.361. The van der Waals surface area contributed by atoms with Crippen LogP contribution in [-0.2, 0) is 9.63 Å². The van der Waals surface area contributed by atoms with E-state index in [1.165, 1.54) is 38.4 Å². The third-order valence-corrected chi connectivity index (χ3v) is 4.22. The molecular weight excluding hydrogens is 417 g/mol. The second kappa shape index (κ2) is 10.1. The van der Waals surface area contributed by atoms with Crippen LogP contribution in [0.4, 0.5) is 14.5 Å². The third kappa shape index (κ3) is 5.97. The molecule has 0 radical (unpaired) electrons. The van der Waals surface area contributed by atoms with Crippen molar-refractivity contribution >= 4 is 41.0 Å². The van der Waals surface area contributed by atoms with Gasteiger partial charge in [-0.1, -0.05) is 34.4 Å². The summed E-state index contributed by atoms with van der Waals surface area (Å²) in [5.74, 6) is -0.494. The molecule has 0 saturated carbocycles. The molecule has 2 aromatic carbocycles. The van der Waals surface area contributed by atoms with Crippen molar-refractivity contribution in [3.05, 3.63) is 52.0 Å². The van der Waals surface area contributed by atoms with E-state index >= 15 is 0 Å². The summed E-state index contributed by atoms with van der Waals surface area (Å²) < 4.78 is 34.0. The molecule has 1 N–H and O–H groups in total. The minimum Gasteiger partial charge on any atom is -0.493 e. The number of hydrogen-bond acceptors (Lipinski definition) is 5. The van der Waals surface area contributed by atoms with Crippen LogP contribution in [0, 0.1) is 0 Å². The average molecular weight is 433 g/mol. The van der Waals surface area contributed by atoms with E-state index in [-0.39, 0.29) is 16.5 Å². The molecule has 1 unspecified atom stereocenters. The van der Waals surface area contributed by atoms with Crippen LogP contribution in [0.2, 0.25) is 10.0 Å². The first-order valence-electron chi connectivity index (χ1n) is 7.88. The van der Waals surface area contributed by atoms with Gasteiger partial charge in [-0.25, -0.2) is 0 Å². The van der Waals surface area contributed by atoms with E-state index in [2.05, 4.69) is 15.2 Å². The SMILES string of the molecule is COc1cc(/C=N/OC(C)C(=O)Nc2cccc(Cl)c2Cl)ccc1OC(F)F. The van der Waals surface area contributed by atoms with Gasteiger partial charge in [-0.05, 0) is 37.3 Å². The Morgan fingerprint density at radius 2 is 1.96 bits per heavy atom. The zero-order chi connectivity index (χ0) is 20.7. The number of benzene rings is 2. The number of methoxy groups -OCH3 is 1. The molecule has 0 spiro atoms. The maximum atomic E-state index is 12.3. The number of ether oxygens (including phenoxy) is 2. The second-order valence-corrected chi connectivity index (χ2v) is 6.15. The molecule has 0 bridgehead atoms. The van der Waals surface area contributed by atoms with Crippen LogP contribution in [0.3, 0.4) is 0 Å². The highest BCUT2D eigenvalue weighted by Crippen LogP contribution is 2.30. The molecule has 0 heterocycles. The Labute approximate surface area is 170 Å². The maximum absolute atomic E-state index is 12.3. The number of oxime groups is 1. The van der Waals surface area contributed by atoms with Gasteiger partial charge in [0.15, 0.2) is 11.5 Å². The van der Waals surface area contributed by atoms with E-state index in [1.54, 1.807) is 18.2 Å². The lowest BCUT2D eigenvalue weighted by molar-refractivity contribution is -0.126. The molecule has 1 atom stereocenters. The smallest absolute Gasteiger partial charge is 0.387 e. The van der Waals surface area contributed by atoms with Crippen molar-refractivity contribution in [2.24, 2.45) is 5.16 Å². The molecule has 0 aliphatic heterocycles. The molecule has 0 aliphatic carbocycles. The molecule has 1 amide bonds. The van der Waals surface area contributed by atoms with Crippen molar-refractivity contribution in [1.82, 2.24) is 0 Å². The Kier molecular flexibility index (Phi) is 7.83. The van der Waals surface area contributed by atoms with E-state index in [0.29, 0.717) is 16.3 Å². The van der Waals surface area contributed by atoms with Gasteiger partial charge in [-0.3, -0.25) is 4.79 Å². The van der Waals surface area contributed by atoms with Gasteiger partial charge in [0.05, 0.1) is 29.1 Å². The van der Waals surface area contributed by atoms with Crippen LogP contribution in [0.5, 0.6) is 11.5 Å². The molecular formula is C18H16Cl2F2N2O4.